The number of nitrogens with zero attached hydrogens (tertiary/aromatic N) is 1. The molecular formula is C17H26N2O2. The van der Waals surface area contributed by atoms with Gasteiger partial charge in [-0.15, -0.1) is 0 Å². The molecule has 2 rings (SSSR count). The number of likely N-dealkylation sites (tertiary alicyclic amines) is 1. The van der Waals surface area contributed by atoms with Gasteiger partial charge >= 0.3 is 0 Å². The first kappa shape index (κ1) is 16.0. The normalized spacial score (nSPS) is 18.4. The Balaban J connectivity index is 1.77. The second-order valence-electron chi connectivity index (χ2n) is 5.79. The highest BCUT2D eigenvalue weighted by molar-refractivity contribution is 5.82. The number of unbranched alkanes of at least 4 members (excludes halogenated alkanes) is 1. The summed E-state index contributed by atoms with van der Waals surface area (Å²) in [5, 5.41) is 13.0. The van der Waals surface area contributed by atoms with Crippen LogP contribution in [-0.4, -0.2) is 41.6 Å². The van der Waals surface area contributed by atoms with Crippen molar-refractivity contribution in [1.29, 1.82) is 0 Å². The molecule has 1 saturated heterocycles. The first-order chi connectivity index (χ1) is 10.2. The third-order valence-corrected chi connectivity index (χ3v) is 4.13. The Bertz CT molecular complexity index is 428. The summed E-state index contributed by atoms with van der Waals surface area (Å²) in [6.45, 7) is 5.43. The van der Waals surface area contributed by atoms with Gasteiger partial charge in [-0.2, -0.15) is 0 Å². The zero-order chi connectivity index (χ0) is 15.1. The number of hydrogen-bond acceptors (Lipinski definition) is 3. The smallest absolute Gasteiger partial charge is 0.253 e. The summed E-state index contributed by atoms with van der Waals surface area (Å²) in [6, 6.07) is 9.28. The van der Waals surface area contributed by atoms with Gasteiger partial charge < -0.3 is 15.3 Å². The highest BCUT2D eigenvalue weighted by Gasteiger charge is 2.23. The summed E-state index contributed by atoms with van der Waals surface area (Å²) in [6.07, 6.45) is 3.33. The number of carbonyl (C=O) groups is 1. The van der Waals surface area contributed by atoms with Crippen LogP contribution in [0.4, 0.5) is 0 Å². The van der Waals surface area contributed by atoms with Crippen LogP contribution in [0, 0.1) is 0 Å². The lowest BCUT2D eigenvalue weighted by atomic mass is 10.0. The number of amides is 1. The lowest BCUT2D eigenvalue weighted by molar-refractivity contribution is -0.130. The summed E-state index contributed by atoms with van der Waals surface area (Å²) in [5.41, 5.74) is 0.649. The molecule has 1 aromatic rings. The van der Waals surface area contributed by atoms with Crippen LogP contribution in [-0.2, 0) is 4.79 Å². The number of hydrogen-bond donors (Lipinski definition) is 2. The minimum atomic E-state index is -1.07. The van der Waals surface area contributed by atoms with Crippen LogP contribution in [0.1, 0.15) is 44.3 Å². The van der Waals surface area contributed by atoms with E-state index in [2.05, 4.69) is 17.1 Å². The Labute approximate surface area is 127 Å². The van der Waals surface area contributed by atoms with Crippen LogP contribution in [0.3, 0.4) is 0 Å². The number of aliphatic hydroxyl groups is 1. The molecule has 4 nitrogen and oxygen atoms in total. The van der Waals surface area contributed by atoms with E-state index in [0.29, 0.717) is 5.56 Å². The SMILES string of the molecule is CCCCN1CCC(NC(=O)C(O)c2ccccc2)CC1. The molecule has 1 aliphatic heterocycles. The molecule has 1 fully saturated rings. The molecule has 1 atom stereocenters. The molecule has 4 heteroatoms. The zero-order valence-electron chi connectivity index (χ0n) is 12.8. The third kappa shape index (κ3) is 4.83. The maximum Gasteiger partial charge on any atom is 0.253 e. The molecule has 0 aliphatic carbocycles. The Morgan fingerprint density at radius 3 is 2.62 bits per heavy atom. The van der Waals surface area contributed by atoms with Gasteiger partial charge in [0.25, 0.3) is 5.91 Å². The summed E-state index contributed by atoms with van der Waals surface area (Å²) in [7, 11) is 0. The van der Waals surface area contributed by atoms with E-state index in [4.69, 9.17) is 0 Å². The van der Waals surface area contributed by atoms with Crippen LogP contribution in [0.2, 0.25) is 0 Å². The average molecular weight is 290 g/mol. The fourth-order valence-corrected chi connectivity index (χ4v) is 2.75. The van der Waals surface area contributed by atoms with Crippen LogP contribution in [0.25, 0.3) is 0 Å². The van der Waals surface area contributed by atoms with Crippen molar-refractivity contribution >= 4 is 5.91 Å². The predicted molar refractivity (Wildman–Crippen MR) is 83.9 cm³/mol. The first-order valence-corrected chi connectivity index (χ1v) is 7.96. The van der Waals surface area contributed by atoms with Gasteiger partial charge in [0.1, 0.15) is 0 Å². The van der Waals surface area contributed by atoms with E-state index >= 15 is 0 Å². The molecular weight excluding hydrogens is 264 g/mol. The van der Waals surface area contributed by atoms with Gasteiger partial charge in [-0.05, 0) is 31.4 Å². The molecule has 1 heterocycles. The Morgan fingerprint density at radius 1 is 1.33 bits per heavy atom. The quantitative estimate of drug-likeness (QED) is 0.843. The zero-order valence-corrected chi connectivity index (χ0v) is 12.8. The van der Waals surface area contributed by atoms with E-state index in [1.807, 2.05) is 18.2 Å². The van der Waals surface area contributed by atoms with Gasteiger partial charge in [-0.25, -0.2) is 0 Å². The summed E-state index contributed by atoms with van der Waals surface area (Å²) < 4.78 is 0. The Hall–Kier alpha value is -1.39. The molecule has 1 amide bonds. The van der Waals surface area contributed by atoms with Crippen molar-refractivity contribution in [2.75, 3.05) is 19.6 Å². The van der Waals surface area contributed by atoms with Crippen molar-refractivity contribution in [1.82, 2.24) is 10.2 Å². The fraction of sp³-hybridized carbons (Fsp3) is 0.588. The van der Waals surface area contributed by atoms with Crippen LogP contribution in [0.15, 0.2) is 30.3 Å². The number of benzene rings is 1. The highest BCUT2D eigenvalue weighted by atomic mass is 16.3. The second kappa shape index (κ2) is 8.15. The van der Waals surface area contributed by atoms with Gasteiger partial charge in [-0.3, -0.25) is 4.79 Å². The average Bonchev–Trinajstić information content (AvgIpc) is 2.54. The monoisotopic (exact) mass is 290 g/mol. The molecule has 0 radical (unpaired) electrons. The largest absolute Gasteiger partial charge is 0.378 e. The van der Waals surface area contributed by atoms with E-state index in [1.165, 1.54) is 12.8 Å². The lowest BCUT2D eigenvalue weighted by Crippen LogP contribution is -2.46. The van der Waals surface area contributed by atoms with E-state index < -0.39 is 6.10 Å². The maximum absolute atomic E-state index is 12.1. The molecule has 1 aliphatic rings. The van der Waals surface area contributed by atoms with Crippen molar-refractivity contribution < 1.29 is 9.90 Å². The minimum absolute atomic E-state index is 0.189. The first-order valence-electron chi connectivity index (χ1n) is 7.96. The molecule has 0 spiro atoms. The maximum atomic E-state index is 12.1. The molecule has 1 aromatic carbocycles. The molecule has 0 saturated carbocycles. The van der Waals surface area contributed by atoms with Crippen LogP contribution in [0.5, 0.6) is 0 Å². The highest BCUT2D eigenvalue weighted by Crippen LogP contribution is 2.15. The van der Waals surface area contributed by atoms with Gasteiger partial charge in [0.05, 0.1) is 0 Å². The molecule has 1 unspecified atom stereocenters. The van der Waals surface area contributed by atoms with E-state index in [0.717, 1.165) is 32.5 Å². The minimum Gasteiger partial charge on any atom is -0.378 e. The van der Waals surface area contributed by atoms with Crippen molar-refractivity contribution in [3.05, 3.63) is 35.9 Å². The summed E-state index contributed by atoms with van der Waals surface area (Å²) >= 11 is 0. The number of aliphatic hydroxyl groups excluding tert-OH is 1. The van der Waals surface area contributed by atoms with E-state index in [9.17, 15) is 9.90 Å². The van der Waals surface area contributed by atoms with Crippen LogP contribution < -0.4 is 5.32 Å². The van der Waals surface area contributed by atoms with Crippen molar-refractivity contribution in [2.24, 2.45) is 0 Å². The molecule has 21 heavy (non-hydrogen) atoms. The molecule has 2 N–H and O–H groups in total. The van der Waals surface area contributed by atoms with Gasteiger partial charge in [0.15, 0.2) is 6.10 Å². The predicted octanol–water partition coefficient (Wildman–Crippen LogP) is 2.10. The summed E-state index contributed by atoms with van der Waals surface area (Å²) in [4.78, 5) is 14.5. The topological polar surface area (TPSA) is 52.6 Å². The number of carbonyl (C=O) groups excluding carboxylic acids is 1. The van der Waals surface area contributed by atoms with Crippen molar-refractivity contribution in [2.45, 2.75) is 44.8 Å². The molecule has 0 aromatic heterocycles. The second-order valence-corrected chi connectivity index (χ2v) is 5.79. The third-order valence-electron chi connectivity index (χ3n) is 4.13. The Morgan fingerprint density at radius 2 is 2.00 bits per heavy atom. The Kier molecular flexibility index (Phi) is 6.21. The summed E-state index contributed by atoms with van der Waals surface area (Å²) in [5.74, 6) is -0.284. The van der Waals surface area contributed by atoms with Gasteiger partial charge in [0, 0.05) is 19.1 Å². The lowest BCUT2D eigenvalue weighted by Gasteiger charge is -2.32. The van der Waals surface area contributed by atoms with E-state index in [-0.39, 0.29) is 11.9 Å². The standard InChI is InChI=1S/C17H26N2O2/c1-2-3-11-19-12-9-15(10-13-19)18-17(21)16(20)14-7-5-4-6-8-14/h4-8,15-16,20H,2-3,9-13H2,1H3,(H,18,21). The molecule has 0 bridgehead atoms. The van der Waals surface area contributed by atoms with Gasteiger partial charge in [0.2, 0.25) is 0 Å². The number of piperidine rings is 1. The molecule has 116 valence electrons. The van der Waals surface area contributed by atoms with E-state index in [1.54, 1.807) is 12.1 Å². The number of nitrogens with one attached hydrogen (secondary N) is 1. The van der Waals surface area contributed by atoms with Crippen molar-refractivity contribution in [3.63, 3.8) is 0 Å². The van der Waals surface area contributed by atoms with Crippen molar-refractivity contribution in [3.8, 4) is 0 Å². The van der Waals surface area contributed by atoms with Gasteiger partial charge in [-0.1, -0.05) is 43.7 Å². The fourth-order valence-electron chi connectivity index (χ4n) is 2.75. The van der Waals surface area contributed by atoms with Crippen LogP contribution >= 0.6 is 0 Å². The number of rotatable bonds is 6.